The molecule has 0 bridgehead atoms. The van der Waals surface area contributed by atoms with Gasteiger partial charge in [-0.3, -0.25) is 4.74 Å². The van der Waals surface area contributed by atoms with E-state index < -0.39 is 41.9 Å². The number of alkyl halides is 10. The Hall–Kier alpha value is 0.200. The summed E-state index contributed by atoms with van der Waals surface area (Å²) < 4.78 is 125. The second-order valence-corrected chi connectivity index (χ2v) is 3.44. The zero-order valence-corrected chi connectivity index (χ0v) is 15.3. The van der Waals surface area contributed by atoms with Crippen molar-refractivity contribution in [3.05, 3.63) is 0 Å². The molecular formula is C7F10Na2O5. The van der Waals surface area contributed by atoms with Gasteiger partial charge in [0, 0.05) is 0 Å². The Bertz CT molecular complexity index is 481. The minimum absolute atomic E-state index is 0. The van der Waals surface area contributed by atoms with Crippen molar-refractivity contribution in [2.24, 2.45) is 0 Å². The summed E-state index contributed by atoms with van der Waals surface area (Å²) in [6.45, 7) is 0. The predicted molar refractivity (Wildman–Crippen MR) is 35.8 cm³/mol. The van der Waals surface area contributed by atoms with E-state index >= 15 is 0 Å². The van der Waals surface area contributed by atoms with Gasteiger partial charge in [0.1, 0.15) is 11.9 Å². The van der Waals surface area contributed by atoms with Crippen LogP contribution in [-0.4, -0.2) is 41.9 Å². The summed E-state index contributed by atoms with van der Waals surface area (Å²) >= 11 is 0. The molecule has 130 valence electrons. The van der Waals surface area contributed by atoms with E-state index in [4.69, 9.17) is 0 Å². The fourth-order valence-electron chi connectivity index (χ4n) is 0.767. The van der Waals surface area contributed by atoms with Gasteiger partial charge in [-0.05, 0) is 0 Å². The standard InChI is InChI=1S/C7H2F10O5.2Na/c8-3(9,1(18)19)5(11,12)7(16,17)22-4(10,2(20)21)6(13,14)15;;/h(H,18,19)(H,20,21);;/q;2*+1/p-2. The van der Waals surface area contributed by atoms with Crippen LogP contribution in [0.25, 0.3) is 0 Å². The molecule has 0 rings (SSSR count). The molecule has 0 heterocycles. The zero-order chi connectivity index (χ0) is 18.4. The molecule has 0 saturated heterocycles. The van der Waals surface area contributed by atoms with Gasteiger partial charge in [-0.1, -0.05) is 0 Å². The number of carboxylic acids is 2. The summed E-state index contributed by atoms with van der Waals surface area (Å²) in [6.07, 6.45) is -14.2. The van der Waals surface area contributed by atoms with Crippen LogP contribution in [0.4, 0.5) is 43.9 Å². The van der Waals surface area contributed by atoms with Crippen molar-refractivity contribution in [1.82, 2.24) is 0 Å². The van der Waals surface area contributed by atoms with Crippen LogP contribution in [0.2, 0.25) is 0 Å². The maximum absolute atomic E-state index is 12.8. The number of carbonyl (C=O) groups excluding carboxylic acids is 2. The third-order valence-electron chi connectivity index (χ3n) is 1.91. The number of hydrogen-bond donors (Lipinski definition) is 0. The van der Waals surface area contributed by atoms with Crippen LogP contribution in [0.1, 0.15) is 0 Å². The summed E-state index contributed by atoms with van der Waals surface area (Å²) in [4.78, 5) is 19.5. The molecule has 5 nitrogen and oxygen atoms in total. The van der Waals surface area contributed by atoms with Gasteiger partial charge in [0.25, 0.3) is 0 Å². The molecule has 0 aromatic carbocycles. The summed E-state index contributed by atoms with van der Waals surface area (Å²) in [5, 5.41) is 19.5. The molecule has 0 saturated carbocycles. The molecule has 0 aliphatic carbocycles. The SMILES string of the molecule is O=C([O-])C(F)(F)C(F)(F)C(F)(F)OC(F)(C(=O)[O-])C(F)(F)F.[Na+].[Na+]. The molecule has 0 aromatic heterocycles. The molecule has 1 unspecified atom stereocenters. The Balaban J connectivity index is -0.00000220. The van der Waals surface area contributed by atoms with E-state index in [1.54, 1.807) is 4.74 Å². The minimum atomic E-state index is -7.31. The first-order valence-corrected chi connectivity index (χ1v) is 4.36. The molecular weight excluding hydrogens is 400 g/mol. The van der Waals surface area contributed by atoms with Crippen LogP contribution >= 0.6 is 0 Å². The average Bonchev–Trinajstić information content (AvgIpc) is 2.25. The topological polar surface area (TPSA) is 89.5 Å². The summed E-state index contributed by atoms with van der Waals surface area (Å²) in [5.74, 6) is -29.1. The number of carboxylic acid groups (broad SMARTS) is 2. The van der Waals surface area contributed by atoms with E-state index in [1.165, 1.54) is 0 Å². The molecule has 17 heteroatoms. The van der Waals surface area contributed by atoms with Crippen molar-refractivity contribution in [2.75, 3.05) is 0 Å². The van der Waals surface area contributed by atoms with Gasteiger partial charge in [0.15, 0.2) is 0 Å². The van der Waals surface area contributed by atoms with Crippen LogP contribution in [0.5, 0.6) is 0 Å². The fourth-order valence-corrected chi connectivity index (χ4v) is 0.767. The van der Waals surface area contributed by atoms with Crippen molar-refractivity contribution in [2.45, 2.75) is 30.0 Å². The molecule has 0 N–H and O–H groups in total. The van der Waals surface area contributed by atoms with Crippen LogP contribution in [0.15, 0.2) is 0 Å². The maximum atomic E-state index is 12.8. The number of aliphatic carboxylic acids is 2. The first kappa shape index (κ1) is 29.0. The van der Waals surface area contributed by atoms with Crippen LogP contribution in [0.3, 0.4) is 0 Å². The van der Waals surface area contributed by atoms with Crippen LogP contribution in [0, 0.1) is 0 Å². The molecule has 0 spiro atoms. The van der Waals surface area contributed by atoms with Crippen molar-refractivity contribution >= 4 is 11.9 Å². The van der Waals surface area contributed by atoms with E-state index in [1.807, 2.05) is 0 Å². The van der Waals surface area contributed by atoms with Crippen molar-refractivity contribution in [1.29, 1.82) is 0 Å². The summed E-state index contributed by atoms with van der Waals surface area (Å²) in [5.41, 5.74) is 0. The number of rotatable bonds is 6. The molecule has 0 aromatic rings. The average molecular weight is 400 g/mol. The van der Waals surface area contributed by atoms with Gasteiger partial charge in [0.2, 0.25) is 0 Å². The quantitative estimate of drug-likeness (QED) is 0.327. The molecule has 0 aliphatic heterocycles. The first-order chi connectivity index (χ1) is 9.34. The molecule has 1 atom stereocenters. The third kappa shape index (κ3) is 4.88. The monoisotopic (exact) mass is 400 g/mol. The number of carbonyl (C=O) groups is 2. The maximum Gasteiger partial charge on any atom is 1.00 e. The van der Waals surface area contributed by atoms with Crippen LogP contribution in [-0.2, 0) is 14.3 Å². The first-order valence-electron chi connectivity index (χ1n) is 4.36. The molecule has 0 aliphatic rings. The minimum Gasteiger partial charge on any atom is -0.544 e. The zero-order valence-electron chi connectivity index (χ0n) is 11.3. The van der Waals surface area contributed by atoms with Crippen molar-refractivity contribution < 1.29 is 128 Å². The van der Waals surface area contributed by atoms with Gasteiger partial charge in [-0.2, -0.15) is 43.9 Å². The second kappa shape index (κ2) is 8.26. The van der Waals surface area contributed by atoms with Gasteiger partial charge in [-0.15, -0.1) is 0 Å². The van der Waals surface area contributed by atoms with Gasteiger partial charge >= 0.3 is 89.1 Å². The molecule has 0 radical (unpaired) electrons. The number of ether oxygens (including phenoxy) is 1. The summed E-state index contributed by atoms with van der Waals surface area (Å²) in [6, 6.07) is 0. The largest absolute Gasteiger partial charge is 1.00 e. The van der Waals surface area contributed by atoms with E-state index in [0.29, 0.717) is 0 Å². The predicted octanol–water partition coefficient (Wildman–Crippen LogP) is -6.40. The van der Waals surface area contributed by atoms with Crippen molar-refractivity contribution in [3.8, 4) is 0 Å². The summed E-state index contributed by atoms with van der Waals surface area (Å²) in [7, 11) is 0. The molecule has 24 heavy (non-hydrogen) atoms. The normalized spacial score (nSPS) is 15.6. The van der Waals surface area contributed by atoms with E-state index in [-0.39, 0.29) is 59.1 Å². The Morgan fingerprint density at radius 3 is 1.25 bits per heavy atom. The number of hydrogen-bond acceptors (Lipinski definition) is 5. The van der Waals surface area contributed by atoms with E-state index in [2.05, 4.69) is 0 Å². The second-order valence-electron chi connectivity index (χ2n) is 3.44. The third-order valence-corrected chi connectivity index (χ3v) is 1.91. The Labute approximate surface area is 168 Å². The Morgan fingerprint density at radius 2 is 1.04 bits per heavy atom. The Morgan fingerprint density at radius 1 is 0.708 bits per heavy atom. The van der Waals surface area contributed by atoms with Gasteiger partial charge in [0.05, 0.1) is 0 Å². The smallest absolute Gasteiger partial charge is 0.544 e. The van der Waals surface area contributed by atoms with Crippen molar-refractivity contribution in [3.63, 3.8) is 0 Å². The van der Waals surface area contributed by atoms with Gasteiger partial charge in [-0.25, -0.2) is 0 Å². The number of halogens is 10. The van der Waals surface area contributed by atoms with E-state index in [0.717, 1.165) is 0 Å². The van der Waals surface area contributed by atoms with E-state index in [9.17, 15) is 63.7 Å². The van der Waals surface area contributed by atoms with Crippen LogP contribution < -0.4 is 69.3 Å². The Kier molecular flexibility index (Phi) is 9.98. The molecule has 0 fully saturated rings. The van der Waals surface area contributed by atoms with Gasteiger partial charge < -0.3 is 19.8 Å². The fraction of sp³-hybridized carbons (Fsp3) is 0.714. The molecule has 0 amide bonds.